The minimum absolute atomic E-state index is 0.0275. The molecule has 10 nitrogen and oxygen atoms in total. The van der Waals surface area contributed by atoms with Gasteiger partial charge in [-0.1, -0.05) is 141 Å². The molecule has 0 saturated carbocycles. The third kappa shape index (κ3) is 15.2. The van der Waals surface area contributed by atoms with Crippen molar-refractivity contribution in [3.63, 3.8) is 0 Å². The highest BCUT2D eigenvalue weighted by atomic mass is 16.3. The van der Waals surface area contributed by atoms with Gasteiger partial charge in [0.2, 0.25) is 0 Å². The molecule has 0 aliphatic carbocycles. The highest BCUT2D eigenvalue weighted by Gasteiger charge is 2.28. The lowest BCUT2D eigenvalue weighted by molar-refractivity contribution is -0.136. The average Bonchev–Trinajstić information content (AvgIpc) is 3.11. The molecule has 50 heavy (non-hydrogen) atoms. The van der Waals surface area contributed by atoms with E-state index in [9.17, 15) is 29.4 Å². The van der Waals surface area contributed by atoms with Crippen molar-refractivity contribution in [2.45, 2.75) is 149 Å². The summed E-state index contributed by atoms with van der Waals surface area (Å²) in [5.74, 6) is -4.35. The summed E-state index contributed by atoms with van der Waals surface area (Å²) in [5.41, 5.74) is 10.8. The van der Waals surface area contributed by atoms with Crippen molar-refractivity contribution in [2.24, 2.45) is 5.92 Å². The summed E-state index contributed by atoms with van der Waals surface area (Å²) in [6.07, 6.45) is 19.1. The van der Waals surface area contributed by atoms with E-state index in [0.29, 0.717) is 30.4 Å². The molecule has 0 unspecified atom stereocenters. The number of aryl methyl sites for hydroxylation is 2. The third-order valence-electron chi connectivity index (χ3n) is 9.16. The molecule has 0 bridgehead atoms. The van der Waals surface area contributed by atoms with Crippen molar-refractivity contribution >= 4 is 23.6 Å². The highest BCUT2D eigenvalue weighted by molar-refractivity contribution is 6.04. The number of aromatic hydroxyl groups is 2. The SMILES string of the molecule is CCCCCCCCCC(C(=O)NNC(=O)c1cccc(CCCCCCC)c1O)C(=O)NNC(=O)c1cccc(CCCCCCC)c1O. The number of phenolic OH excluding ortho intramolecular Hbond substituents is 2. The molecule has 2 rings (SSSR count). The van der Waals surface area contributed by atoms with Crippen molar-refractivity contribution in [2.75, 3.05) is 0 Å². The number of para-hydroxylation sites is 2. The molecule has 2 aromatic carbocycles. The van der Waals surface area contributed by atoms with E-state index < -0.39 is 29.5 Å². The van der Waals surface area contributed by atoms with Crippen LogP contribution in [0.25, 0.3) is 0 Å². The largest absolute Gasteiger partial charge is 0.507 e. The van der Waals surface area contributed by atoms with Crippen molar-refractivity contribution < 1.29 is 29.4 Å². The maximum atomic E-state index is 13.3. The number of benzene rings is 2. The van der Waals surface area contributed by atoms with Crippen LogP contribution in [0.5, 0.6) is 11.5 Å². The van der Waals surface area contributed by atoms with E-state index in [1.165, 1.54) is 18.6 Å². The van der Waals surface area contributed by atoms with Crippen LogP contribution < -0.4 is 21.7 Å². The lowest BCUT2D eigenvalue weighted by atomic mass is 9.98. The molecule has 0 aliphatic heterocycles. The van der Waals surface area contributed by atoms with E-state index in [1.807, 2.05) is 0 Å². The Hall–Kier alpha value is -4.08. The highest BCUT2D eigenvalue weighted by Crippen LogP contribution is 2.26. The van der Waals surface area contributed by atoms with Crippen LogP contribution in [0.15, 0.2) is 36.4 Å². The first-order valence-electron chi connectivity index (χ1n) is 19.1. The van der Waals surface area contributed by atoms with Crippen molar-refractivity contribution in [1.29, 1.82) is 0 Å². The summed E-state index contributed by atoms with van der Waals surface area (Å²) in [4.78, 5) is 52.5. The van der Waals surface area contributed by atoms with Crippen LogP contribution >= 0.6 is 0 Å². The Morgan fingerprint density at radius 1 is 0.500 bits per heavy atom. The van der Waals surface area contributed by atoms with Gasteiger partial charge in [-0.3, -0.25) is 40.9 Å². The van der Waals surface area contributed by atoms with Gasteiger partial charge in [-0.25, -0.2) is 0 Å². The van der Waals surface area contributed by atoms with Gasteiger partial charge in [0.15, 0.2) is 0 Å². The van der Waals surface area contributed by atoms with Crippen LogP contribution in [-0.2, 0) is 22.4 Å². The van der Waals surface area contributed by atoms with Crippen LogP contribution in [0, 0.1) is 5.92 Å². The van der Waals surface area contributed by atoms with Gasteiger partial charge in [-0.2, -0.15) is 0 Å². The van der Waals surface area contributed by atoms with Gasteiger partial charge in [0, 0.05) is 0 Å². The number of carbonyl (C=O) groups excluding carboxylic acids is 4. The Kier molecular flexibility index (Phi) is 21.0. The third-order valence-corrected chi connectivity index (χ3v) is 9.16. The average molecular weight is 695 g/mol. The molecule has 4 amide bonds. The molecule has 0 aromatic heterocycles. The topological polar surface area (TPSA) is 157 Å². The zero-order chi connectivity index (χ0) is 36.6. The first-order valence-corrected chi connectivity index (χ1v) is 19.1. The molecule has 0 saturated heterocycles. The summed E-state index contributed by atoms with van der Waals surface area (Å²) < 4.78 is 0. The maximum Gasteiger partial charge on any atom is 0.273 e. The normalized spacial score (nSPS) is 11.0. The molecule has 6 N–H and O–H groups in total. The number of carbonyl (C=O) groups is 4. The Labute approximate surface area is 299 Å². The Balaban J connectivity index is 2.03. The number of rotatable bonds is 24. The van der Waals surface area contributed by atoms with Gasteiger partial charge in [0.25, 0.3) is 23.6 Å². The lowest BCUT2D eigenvalue weighted by Crippen LogP contribution is -2.51. The van der Waals surface area contributed by atoms with Crippen LogP contribution in [0.2, 0.25) is 0 Å². The quantitative estimate of drug-likeness (QED) is 0.0370. The molecule has 278 valence electrons. The molecular formula is C40H62N4O6. The zero-order valence-corrected chi connectivity index (χ0v) is 30.7. The Morgan fingerprint density at radius 3 is 1.26 bits per heavy atom. The number of nitrogens with one attached hydrogen (secondary N) is 4. The number of unbranched alkanes of at least 4 members (excludes halogenated alkanes) is 14. The predicted molar refractivity (Wildman–Crippen MR) is 198 cm³/mol. The second-order valence-corrected chi connectivity index (χ2v) is 13.3. The van der Waals surface area contributed by atoms with Gasteiger partial charge in [-0.15, -0.1) is 0 Å². The molecule has 10 heteroatoms. The maximum absolute atomic E-state index is 13.3. The van der Waals surface area contributed by atoms with Crippen LogP contribution in [0.1, 0.15) is 168 Å². The number of phenols is 2. The minimum Gasteiger partial charge on any atom is -0.507 e. The van der Waals surface area contributed by atoms with E-state index in [2.05, 4.69) is 42.5 Å². The van der Waals surface area contributed by atoms with E-state index in [0.717, 1.165) is 96.3 Å². The van der Waals surface area contributed by atoms with E-state index in [4.69, 9.17) is 0 Å². The van der Waals surface area contributed by atoms with Crippen molar-refractivity contribution in [1.82, 2.24) is 21.7 Å². The molecule has 0 aliphatic rings. The molecule has 2 aromatic rings. The minimum atomic E-state index is -1.21. The summed E-state index contributed by atoms with van der Waals surface area (Å²) >= 11 is 0. The molecular weight excluding hydrogens is 632 g/mol. The van der Waals surface area contributed by atoms with E-state index in [1.54, 1.807) is 24.3 Å². The van der Waals surface area contributed by atoms with Gasteiger partial charge in [-0.05, 0) is 55.4 Å². The number of hydrogen-bond acceptors (Lipinski definition) is 6. The van der Waals surface area contributed by atoms with E-state index in [-0.39, 0.29) is 29.0 Å². The fraction of sp³-hybridized carbons (Fsp3) is 0.600. The van der Waals surface area contributed by atoms with Gasteiger partial charge >= 0.3 is 0 Å². The first-order chi connectivity index (χ1) is 24.2. The number of amides is 4. The summed E-state index contributed by atoms with van der Waals surface area (Å²) in [6, 6.07) is 9.91. The van der Waals surface area contributed by atoms with Crippen LogP contribution in [0.4, 0.5) is 0 Å². The van der Waals surface area contributed by atoms with Gasteiger partial charge in [0.1, 0.15) is 17.4 Å². The standard InChI is InChI=1S/C40H62N4O6/c1-4-7-10-13-14-17-20-27-34(39(49)43-41-37(47)32-28-21-25-30(35(32)45)23-18-15-11-8-5-2)40(50)44-42-38(48)33-29-22-26-31(36(33)46)24-19-16-12-9-6-3/h21-22,25-26,28-29,34,45-46H,4-20,23-24,27H2,1-3H3,(H,41,47)(H,42,48)(H,43,49)(H,44,50). The fourth-order valence-corrected chi connectivity index (χ4v) is 6.02. The molecule has 0 atom stereocenters. The first kappa shape index (κ1) is 42.1. The number of hydrazine groups is 2. The van der Waals surface area contributed by atoms with Crippen LogP contribution in [0.3, 0.4) is 0 Å². The lowest BCUT2D eigenvalue weighted by Gasteiger charge is -2.18. The molecule has 0 radical (unpaired) electrons. The van der Waals surface area contributed by atoms with Gasteiger partial charge < -0.3 is 10.2 Å². The zero-order valence-electron chi connectivity index (χ0n) is 30.7. The van der Waals surface area contributed by atoms with Crippen LogP contribution in [-0.4, -0.2) is 33.8 Å². The van der Waals surface area contributed by atoms with E-state index >= 15 is 0 Å². The van der Waals surface area contributed by atoms with Crippen molar-refractivity contribution in [3.8, 4) is 11.5 Å². The summed E-state index contributed by atoms with van der Waals surface area (Å²) in [6.45, 7) is 6.46. The summed E-state index contributed by atoms with van der Waals surface area (Å²) in [5, 5.41) is 21.6. The molecule has 0 spiro atoms. The van der Waals surface area contributed by atoms with Gasteiger partial charge in [0.05, 0.1) is 11.1 Å². The fourth-order valence-electron chi connectivity index (χ4n) is 6.02. The predicted octanol–water partition coefficient (Wildman–Crippen LogP) is 8.10. The second-order valence-electron chi connectivity index (χ2n) is 13.3. The Bertz CT molecular complexity index is 1240. The second kappa shape index (κ2) is 25.0. The van der Waals surface area contributed by atoms with Crippen molar-refractivity contribution in [3.05, 3.63) is 58.7 Å². The molecule has 0 heterocycles. The molecule has 0 fully saturated rings. The number of hydrogen-bond donors (Lipinski definition) is 6. The summed E-state index contributed by atoms with van der Waals surface area (Å²) in [7, 11) is 0. The monoisotopic (exact) mass is 694 g/mol. The Morgan fingerprint density at radius 2 is 0.860 bits per heavy atom. The smallest absolute Gasteiger partial charge is 0.273 e.